The van der Waals surface area contributed by atoms with E-state index in [-0.39, 0.29) is 12.5 Å². The van der Waals surface area contributed by atoms with Gasteiger partial charge in [0, 0.05) is 25.8 Å². The van der Waals surface area contributed by atoms with Gasteiger partial charge in [-0.15, -0.1) is 0 Å². The summed E-state index contributed by atoms with van der Waals surface area (Å²) in [7, 11) is 1.69. The van der Waals surface area contributed by atoms with Gasteiger partial charge in [0.1, 0.15) is 5.82 Å². The van der Waals surface area contributed by atoms with Gasteiger partial charge >= 0.3 is 12.0 Å². The predicted octanol–water partition coefficient (Wildman–Crippen LogP) is 4.25. The second-order valence-electron chi connectivity index (χ2n) is 6.69. The first-order chi connectivity index (χ1) is 14.0. The van der Waals surface area contributed by atoms with E-state index in [4.69, 9.17) is 9.84 Å². The van der Waals surface area contributed by atoms with Crippen molar-refractivity contribution < 1.29 is 19.4 Å². The van der Waals surface area contributed by atoms with Crippen molar-refractivity contribution in [3.63, 3.8) is 0 Å². The Kier molecular flexibility index (Phi) is 8.61. The van der Waals surface area contributed by atoms with Gasteiger partial charge in [-0.25, -0.2) is 9.78 Å². The van der Waals surface area contributed by atoms with E-state index in [1.54, 1.807) is 13.1 Å². The van der Waals surface area contributed by atoms with Gasteiger partial charge in [-0.05, 0) is 31.0 Å². The van der Waals surface area contributed by atoms with E-state index in [2.05, 4.69) is 17.2 Å². The molecule has 0 spiro atoms. The second-order valence-corrected chi connectivity index (χ2v) is 6.69. The number of benzene rings is 1. The summed E-state index contributed by atoms with van der Waals surface area (Å²) in [5.74, 6) is -0.346. The average Bonchev–Trinajstić information content (AvgIpc) is 2.73. The molecule has 2 N–H and O–H groups in total. The van der Waals surface area contributed by atoms with E-state index < -0.39 is 12.1 Å². The number of carboxylic acid groups (broad SMARTS) is 1. The summed E-state index contributed by atoms with van der Waals surface area (Å²) in [6, 6.07) is 12.8. The third kappa shape index (κ3) is 6.57. The molecule has 2 aromatic rings. The molecule has 1 aromatic heterocycles. The predicted molar refractivity (Wildman–Crippen MR) is 113 cm³/mol. The molecule has 29 heavy (non-hydrogen) atoms. The third-order valence-corrected chi connectivity index (χ3v) is 4.50. The smallest absolute Gasteiger partial charge is 0.322 e. The van der Waals surface area contributed by atoms with Crippen molar-refractivity contribution in [2.45, 2.75) is 39.2 Å². The molecule has 0 saturated carbocycles. The number of hydrogen-bond donors (Lipinski definition) is 2. The van der Waals surface area contributed by atoms with Crippen LogP contribution in [0.1, 0.15) is 44.8 Å². The van der Waals surface area contributed by atoms with Crippen molar-refractivity contribution in [2.24, 2.45) is 0 Å². The summed E-state index contributed by atoms with van der Waals surface area (Å²) in [4.78, 5) is 29.4. The standard InChI is InChI=1S/C22H29N3O4/c1-4-6-14-23-22(28)25(3)20-9-7-8-18(24-20)16-10-12-17(13-11-16)19(29-5-2)15-21(26)27/h7-13,19H,4-6,14-15H2,1-3H3,(H,23,28)(H,26,27)/t19-/m0/s1. The Labute approximate surface area is 171 Å². The molecule has 0 aliphatic heterocycles. The molecule has 1 atom stereocenters. The molecule has 0 saturated heterocycles. The Morgan fingerprint density at radius 2 is 1.90 bits per heavy atom. The van der Waals surface area contributed by atoms with Gasteiger partial charge in [-0.3, -0.25) is 9.69 Å². The maximum Gasteiger partial charge on any atom is 0.322 e. The molecular weight excluding hydrogens is 370 g/mol. The molecule has 0 unspecified atom stereocenters. The molecule has 0 fully saturated rings. The minimum Gasteiger partial charge on any atom is -0.481 e. The monoisotopic (exact) mass is 399 g/mol. The number of aromatic nitrogens is 1. The highest BCUT2D eigenvalue weighted by molar-refractivity contribution is 5.90. The van der Waals surface area contributed by atoms with Gasteiger partial charge < -0.3 is 15.2 Å². The van der Waals surface area contributed by atoms with Crippen LogP contribution < -0.4 is 10.2 Å². The van der Waals surface area contributed by atoms with Crippen molar-refractivity contribution >= 4 is 17.8 Å². The zero-order chi connectivity index (χ0) is 21.2. The molecular formula is C22H29N3O4. The van der Waals surface area contributed by atoms with Crippen LogP contribution in [-0.4, -0.2) is 42.3 Å². The fourth-order valence-electron chi connectivity index (χ4n) is 2.87. The van der Waals surface area contributed by atoms with E-state index in [1.807, 2.05) is 43.3 Å². The highest BCUT2D eigenvalue weighted by atomic mass is 16.5. The quantitative estimate of drug-likeness (QED) is 0.583. The Morgan fingerprint density at radius 1 is 1.17 bits per heavy atom. The fraction of sp³-hybridized carbons (Fsp3) is 0.409. The molecule has 7 heteroatoms. The Morgan fingerprint density at radius 3 is 2.52 bits per heavy atom. The first kappa shape index (κ1) is 22.4. The average molecular weight is 399 g/mol. The topological polar surface area (TPSA) is 91.8 Å². The Hall–Kier alpha value is -2.93. The SMILES string of the molecule is CCCCNC(=O)N(C)c1cccc(-c2ccc([C@H](CC(=O)O)OCC)cc2)n1. The number of carbonyl (C=O) groups is 2. The molecule has 1 aromatic carbocycles. The van der Waals surface area contributed by atoms with Crippen LogP contribution in [0.5, 0.6) is 0 Å². The Bertz CT molecular complexity index is 808. The zero-order valence-electron chi connectivity index (χ0n) is 17.2. The fourth-order valence-corrected chi connectivity index (χ4v) is 2.87. The van der Waals surface area contributed by atoms with Crippen LogP contribution in [0.15, 0.2) is 42.5 Å². The largest absolute Gasteiger partial charge is 0.481 e. The molecule has 0 radical (unpaired) electrons. The number of nitrogens with zero attached hydrogens (tertiary/aromatic N) is 2. The number of hydrogen-bond acceptors (Lipinski definition) is 4. The van der Waals surface area contributed by atoms with Crippen molar-refractivity contribution in [3.05, 3.63) is 48.0 Å². The second kappa shape index (κ2) is 11.2. The van der Waals surface area contributed by atoms with Crippen LogP contribution in [0.25, 0.3) is 11.3 Å². The van der Waals surface area contributed by atoms with Crippen LogP contribution in [0.3, 0.4) is 0 Å². The number of ether oxygens (including phenoxy) is 1. The highest BCUT2D eigenvalue weighted by Crippen LogP contribution is 2.26. The van der Waals surface area contributed by atoms with Gasteiger partial charge in [0.2, 0.25) is 0 Å². The molecule has 0 bridgehead atoms. The summed E-state index contributed by atoms with van der Waals surface area (Å²) in [5, 5.41) is 11.9. The van der Waals surface area contributed by atoms with Gasteiger partial charge in [-0.2, -0.15) is 0 Å². The first-order valence-electron chi connectivity index (χ1n) is 9.88. The molecule has 0 aliphatic rings. The summed E-state index contributed by atoms with van der Waals surface area (Å²) < 4.78 is 5.55. The third-order valence-electron chi connectivity index (χ3n) is 4.50. The van der Waals surface area contributed by atoms with Crippen LogP contribution in [0, 0.1) is 0 Å². The van der Waals surface area contributed by atoms with E-state index in [0.29, 0.717) is 19.0 Å². The summed E-state index contributed by atoms with van der Waals surface area (Å²) in [6.45, 7) is 4.99. The number of rotatable bonds is 10. The molecule has 2 amide bonds. The van der Waals surface area contributed by atoms with Crippen LogP contribution in [0.2, 0.25) is 0 Å². The number of carbonyl (C=O) groups excluding carboxylic acids is 1. The summed E-state index contributed by atoms with van der Waals surface area (Å²) >= 11 is 0. The lowest BCUT2D eigenvalue weighted by molar-refractivity contribution is -0.140. The first-order valence-corrected chi connectivity index (χ1v) is 9.88. The number of nitrogens with one attached hydrogen (secondary N) is 1. The van der Waals surface area contributed by atoms with Crippen LogP contribution in [-0.2, 0) is 9.53 Å². The minimum atomic E-state index is -0.901. The molecule has 0 aliphatic carbocycles. The van der Waals surface area contributed by atoms with Crippen molar-refractivity contribution in [3.8, 4) is 11.3 Å². The van der Waals surface area contributed by atoms with Crippen LogP contribution in [0.4, 0.5) is 10.6 Å². The van der Waals surface area contributed by atoms with Crippen molar-refractivity contribution in [2.75, 3.05) is 25.1 Å². The Balaban J connectivity index is 2.15. The van der Waals surface area contributed by atoms with E-state index in [1.165, 1.54) is 4.90 Å². The van der Waals surface area contributed by atoms with Gasteiger partial charge in [0.05, 0.1) is 18.2 Å². The lowest BCUT2D eigenvalue weighted by atomic mass is 10.0. The van der Waals surface area contributed by atoms with E-state index in [0.717, 1.165) is 29.7 Å². The minimum absolute atomic E-state index is 0.0845. The van der Waals surface area contributed by atoms with E-state index >= 15 is 0 Å². The van der Waals surface area contributed by atoms with Crippen LogP contribution >= 0.6 is 0 Å². The summed E-state index contributed by atoms with van der Waals surface area (Å²) in [5.41, 5.74) is 2.41. The zero-order valence-corrected chi connectivity index (χ0v) is 17.2. The number of aliphatic carboxylic acids is 1. The number of urea groups is 1. The molecule has 156 valence electrons. The van der Waals surface area contributed by atoms with Crippen molar-refractivity contribution in [1.82, 2.24) is 10.3 Å². The van der Waals surface area contributed by atoms with Gasteiger partial charge in [0.15, 0.2) is 0 Å². The number of carboxylic acids is 1. The highest BCUT2D eigenvalue weighted by Gasteiger charge is 2.16. The van der Waals surface area contributed by atoms with Crippen molar-refractivity contribution in [1.29, 1.82) is 0 Å². The number of pyridine rings is 1. The lowest BCUT2D eigenvalue weighted by Crippen LogP contribution is -2.38. The molecule has 2 rings (SSSR count). The number of anilines is 1. The van der Waals surface area contributed by atoms with Gasteiger partial charge in [0.25, 0.3) is 0 Å². The van der Waals surface area contributed by atoms with Gasteiger partial charge in [-0.1, -0.05) is 43.7 Å². The normalized spacial score (nSPS) is 11.7. The maximum absolute atomic E-state index is 12.2. The molecule has 7 nitrogen and oxygen atoms in total. The summed E-state index contributed by atoms with van der Waals surface area (Å²) in [6.07, 6.45) is 1.39. The number of amides is 2. The maximum atomic E-state index is 12.2. The van der Waals surface area contributed by atoms with E-state index in [9.17, 15) is 9.59 Å². The number of unbranched alkanes of at least 4 members (excludes halogenated alkanes) is 1. The lowest BCUT2D eigenvalue weighted by Gasteiger charge is -2.18. The molecule has 1 heterocycles.